The van der Waals surface area contributed by atoms with Gasteiger partial charge in [-0.1, -0.05) is 55.4 Å². The number of aliphatic hydroxyl groups excluding tert-OH is 2. The van der Waals surface area contributed by atoms with Crippen molar-refractivity contribution in [3.8, 4) is 0 Å². The predicted octanol–water partition coefficient (Wildman–Crippen LogP) is 0.441. The minimum absolute atomic E-state index is 0.0185. The molecule has 0 aliphatic heterocycles. The van der Waals surface area contributed by atoms with Crippen LogP contribution in [0.4, 0.5) is 0 Å². The van der Waals surface area contributed by atoms with Gasteiger partial charge in [-0.2, -0.15) is 0 Å². The standard InChI is InChI=1S/C31H57N5O9/c1-15(2)11-21(35-30(44)28(18(7)8)36-31(45)27(17(5)6)33-20(10)37)23(38)13-25(40)32-19(9)29(43)34-22(12-16(3)4)24(39)14-26(41)42/h15-19,21-24,27-28,38-39H,11-14H2,1-10H3,(H,32,40)(H,33,37)(H,34,43)(H,35,44)(H,36,45)(H,41,42)/t19-,21-,22+,23-,24-,27+,28+/m0/s1. The first kappa shape index (κ1) is 41.7. The second-order valence-corrected chi connectivity index (χ2v) is 13.4. The van der Waals surface area contributed by atoms with Crippen molar-refractivity contribution in [3.63, 3.8) is 0 Å². The van der Waals surface area contributed by atoms with Crippen molar-refractivity contribution in [1.82, 2.24) is 26.6 Å². The first-order valence-corrected chi connectivity index (χ1v) is 15.7. The largest absolute Gasteiger partial charge is 0.481 e. The zero-order valence-corrected chi connectivity index (χ0v) is 28.5. The van der Waals surface area contributed by atoms with Crippen molar-refractivity contribution in [1.29, 1.82) is 0 Å². The molecule has 0 unspecified atom stereocenters. The molecule has 8 N–H and O–H groups in total. The summed E-state index contributed by atoms with van der Waals surface area (Å²) in [5.74, 6) is -4.48. The quantitative estimate of drug-likeness (QED) is 0.0920. The van der Waals surface area contributed by atoms with Crippen LogP contribution in [0.1, 0.15) is 94.9 Å². The van der Waals surface area contributed by atoms with Crippen molar-refractivity contribution in [2.75, 3.05) is 0 Å². The molecule has 0 aromatic carbocycles. The smallest absolute Gasteiger partial charge is 0.306 e. The Labute approximate surface area is 267 Å². The molecule has 0 aromatic heterocycles. The molecule has 45 heavy (non-hydrogen) atoms. The first-order valence-electron chi connectivity index (χ1n) is 15.7. The van der Waals surface area contributed by atoms with Gasteiger partial charge in [0, 0.05) is 6.92 Å². The van der Waals surface area contributed by atoms with Crippen molar-refractivity contribution in [2.45, 2.75) is 137 Å². The molecule has 0 aliphatic rings. The third kappa shape index (κ3) is 16.6. The normalized spacial score (nSPS) is 16.3. The molecule has 260 valence electrons. The highest BCUT2D eigenvalue weighted by Gasteiger charge is 2.33. The van der Waals surface area contributed by atoms with Crippen LogP contribution in [0.2, 0.25) is 0 Å². The summed E-state index contributed by atoms with van der Waals surface area (Å²) in [5.41, 5.74) is 0. The van der Waals surface area contributed by atoms with Crippen LogP contribution in [0.15, 0.2) is 0 Å². The van der Waals surface area contributed by atoms with Gasteiger partial charge in [0.2, 0.25) is 29.5 Å². The molecule has 0 aromatic rings. The molecular formula is C31H57N5O9. The zero-order valence-electron chi connectivity index (χ0n) is 28.5. The third-order valence-corrected chi connectivity index (χ3v) is 7.14. The van der Waals surface area contributed by atoms with Gasteiger partial charge in [0.15, 0.2) is 0 Å². The SMILES string of the molecule is CC(=O)N[C@@H](C(=O)N[C@@H](C(=O)N[C@@H](CC(C)C)[C@@H](O)CC(=O)N[C@@H](C)C(=O)N[C@H](CC(C)C)[C@@H](O)CC(=O)O)C(C)C)C(C)C. The fraction of sp³-hybridized carbons (Fsp3) is 0.806. The van der Waals surface area contributed by atoms with Crippen LogP contribution < -0.4 is 26.6 Å². The van der Waals surface area contributed by atoms with E-state index in [2.05, 4.69) is 26.6 Å². The summed E-state index contributed by atoms with van der Waals surface area (Å²) in [5, 5.41) is 43.5. The average Bonchev–Trinajstić information content (AvgIpc) is 2.87. The number of carbonyl (C=O) groups is 6. The van der Waals surface area contributed by atoms with Gasteiger partial charge < -0.3 is 41.9 Å². The Morgan fingerprint density at radius 3 is 1.36 bits per heavy atom. The molecule has 0 rings (SSSR count). The Bertz CT molecular complexity index is 1000. The van der Waals surface area contributed by atoms with Crippen LogP contribution in [0.25, 0.3) is 0 Å². The highest BCUT2D eigenvalue weighted by atomic mass is 16.4. The molecule has 14 heteroatoms. The van der Waals surface area contributed by atoms with Crippen molar-refractivity contribution in [2.24, 2.45) is 23.7 Å². The summed E-state index contributed by atoms with van der Waals surface area (Å²) in [6, 6.07) is -4.59. The molecule has 0 saturated carbocycles. The molecular weight excluding hydrogens is 586 g/mol. The second kappa shape index (κ2) is 20.0. The van der Waals surface area contributed by atoms with Gasteiger partial charge in [-0.25, -0.2) is 0 Å². The highest BCUT2D eigenvalue weighted by Crippen LogP contribution is 2.14. The summed E-state index contributed by atoms with van der Waals surface area (Å²) < 4.78 is 0. The number of rotatable bonds is 20. The number of hydrogen-bond donors (Lipinski definition) is 8. The Hall–Kier alpha value is -3.26. The van der Waals surface area contributed by atoms with Gasteiger partial charge >= 0.3 is 5.97 Å². The molecule has 0 saturated heterocycles. The zero-order chi connectivity index (χ0) is 35.2. The summed E-state index contributed by atoms with van der Waals surface area (Å²) in [6.07, 6.45) is -3.01. The minimum atomic E-state index is -1.33. The van der Waals surface area contributed by atoms with Gasteiger partial charge in [-0.15, -0.1) is 0 Å². The van der Waals surface area contributed by atoms with E-state index in [4.69, 9.17) is 5.11 Å². The van der Waals surface area contributed by atoms with E-state index in [-0.39, 0.29) is 29.6 Å². The lowest BCUT2D eigenvalue weighted by Gasteiger charge is -2.31. The van der Waals surface area contributed by atoms with Crippen molar-refractivity contribution < 1.29 is 44.1 Å². The number of hydrogen-bond acceptors (Lipinski definition) is 8. The number of nitrogens with one attached hydrogen (secondary N) is 5. The second-order valence-electron chi connectivity index (χ2n) is 13.4. The van der Waals surface area contributed by atoms with Gasteiger partial charge in [-0.05, 0) is 43.4 Å². The topological polar surface area (TPSA) is 223 Å². The number of aliphatic hydroxyl groups is 2. The summed E-state index contributed by atoms with van der Waals surface area (Å²) >= 11 is 0. The van der Waals surface area contributed by atoms with Crippen molar-refractivity contribution in [3.05, 3.63) is 0 Å². The molecule has 0 radical (unpaired) electrons. The maximum Gasteiger partial charge on any atom is 0.306 e. The van der Waals surface area contributed by atoms with E-state index in [9.17, 15) is 39.0 Å². The average molecular weight is 644 g/mol. The Morgan fingerprint density at radius 2 is 0.956 bits per heavy atom. The Morgan fingerprint density at radius 1 is 0.556 bits per heavy atom. The van der Waals surface area contributed by atoms with E-state index in [1.165, 1.54) is 13.8 Å². The molecule has 0 heterocycles. The van der Waals surface area contributed by atoms with Crippen LogP contribution in [-0.4, -0.2) is 93.2 Å². The summed E-state index contributed by atoms with van der Waals surface area (Å²) in [4.78, 5) is 74.6. The lowest BCUT2D eigenvalue weighted by molar-refractivity contribution is -0.140. The molecule has 0 fully saturated rings. The molecule has 0 bridgehead atoms. The van der Waals surface area contributed by atoms with Crippen LogP contribution >= 0.6 is 0 Å². The van der Waals surface area contributed by atoms with Crippen LogP contribution in [0, 0.1) is 23.7 Å². The van der Waals surface area contributed by atoms with E-state index < -0.39 is 84.9 Å². The van der Waals surface area contributed by atoms with E-state index in [1.54, 1.807) is 27.7 Å². The fourth-order valence-corrected chi connectivity index (χ4v) is 4.77. The predicted molar refractivity (Wildman–Crippen MR) is 168 cm³/mol. The minimum Gasteiger partial charge on any atom is -0.481 e. The lowest BCUT2D eigenvalue weighted by atomic mass is 9.95. The monoisotopic (exact) mass is 643 g/mol. The number of carboxylic acids is 1. The molecule has 5 amide bonds. The molecule has 0 spiro atoms. The maximum atomic E-state index is 13.3. The molecule has 14 nitrogen and oxygen atoms in total. The van der Waals surface area contributed by atoms with Crippen LogP contribution in [0.3, 0.4) is 0 Å². The van der Waals surface area contributed by atoms with Gasteiger partial charge in [-0.3, -0.25) is 28.8 Å². The Balaban J connectivity index is 5.54. The number of aliphatic carboxylic acids is 1. The van der Waals surface area contributed by atoms with Gasteiger partial charge in [0.05, 0.1) is 37.1 Å². The summed E-state index contributed by atoms with van der Waals surface area (Å²) in [6.45, 7) is 17.2. The number of carbonyl (C=O) groups excluding carboxylic acids is 5. The lowest BCUT2D eigenvalue weighted by Crippen LogP contribution is -2.59. The molecule has 0 aliphatic carbocycles. The maximum absolute atomic E-state index is 13.3. The van der Waals surface area contributed by atoms with Crippen molar-refractivity contribution >= 4 is 35.5 Å². The van der Waals surface area contributed by atoms with Gasteiger partial charge in [0.1, 0.15) is 18.1 Å². The van der Waals surface area contributed by atoms with E-state index in [0.717, 1.165) is 0 Å². The highest BCUT2D eigenvalue weighted by molar-refractivity contribution is 5.92. The number of carboxylic acid groups (broad SMARTS) is 1. The van der Waals surface area contributed by atoms with E-state index >= 15 is 0 Å². The fourth-order valence-electron chi connectivity index (χ4n) is 4.77. The van der Waals surface area contributed by atoms with Crippen LogP contribution in [0.5, 0.6) is 0 Å². The Kier molecular flexibility index (Phi) is 18.5. The third-order valence-electron chi connectivity index (χ3n) is 7.14. The van der Waals surface area contributed by atoms with E-state index in [1.807, 2.05) is 27.7 Å². The van der Waals surface area contributed by atoms with Crippen LogP contribution in [-0.2, 0) is 28.8 Å². The van der Waals surface area contributed by atoms with Gasteiger partial charge in [0.25, 0.3) is 0 Å². The molecule has 7 atom stereocenters. The summed E-state index contributed by atoms with van der Waals surface area (Å²) in [7, 11) is 0. The van der Waals surface area contributed by atoms with E-state index in [0.29, 0.717) is 12.8 Å². The first-order chi connectivity index (χ1) is 20.7. The number of amides is 5.